The number of hydrogen-bond donors (Lipinski definition) is 2. The highest BCUT2D eigenvalue weighted by atomic mass is 35.5. The number of anilines is 1. The van der Waals surface area contributed by atoms with E-state index >= 15 is 0 Å². The first kappa shape index (κ1) is 15.3. The van der Waals surface area contributed by atoms with Crippen molar-refractivity contribution in [2.75, 3.05) is 5.32 Å². The molecule has 0 saturated heterocycles. The first-order valence-corrected chi connectivity index (χ1v) is 8.14. The molecule has 1 aromatic heterocycles. The van der Waals surface area contributed by atoms with Gasteiger partial charge < -0.3 is 10.6 Å². The molecule has 4 unspecified atom stereocenters. The number of fused-ring (bicyclic) bond motifs is 2. The van der Waals surface area contributed by atoms with Gasteiger partial charge in [0.2, 0.25) is 0 Å². The number of nitrogens with one attached hydrogen (secondary N) is 2. The maximum absolute atomic E-state index is 12.0. The van der Waals surface area contributed by atoms with Gasteiger partial charge in [0.15, 0.2) is 5.15 Å². The molecule has 4 atom stereocenters. The lowest BCUT2D eigenvalue weighted by atomic mass is 9.84. The Morgan fingerprint density at radius 1 is 1.32 bits per heavy atom. The van der Waals surface area contributed by atoms with Crippen LogP contribution in [-0.4, -0.2) is 22.8 Å². The molecular weight excluding hydrogens is 302 g/mol. The largest absolute Gasteiger partial charge is 0.345 e. The van der Waals surface area contributed by atoms with Crippen molar-refractivity contribution in [3.05, 3.63) is 23.5 Å². The Morgan fingerprint density at radius 3 is 2.77 bits per heavy atom. The number of nitrogens with zero attached hydrogens (tertiary/aromatic N) is 1. The third-order valence-corrected chi connectivity index (χ3v) is 5.31. The number of carbonyl (C=O) groups is 2. The molecule has 0 radical (unpaired) electrons. The zero-order valence-electron chi connectivity index (χ0n) is 12.5. The number of carbonyl (C=O) groups excluding carboxylic acids is 2. The van der Waals surface area contributed by atoms with Gasteiger partial charge in [-0.15, -0.1) is 0 Å². The number of amides is 2. The fourth-order valence-corrected chi connectivity index (χ4v) is 4.11. The Balaban J connectivity index is 1.55. The normalized spacial score (nSPS) is 27.5. The lowest BCUT2D eigenvalue weighted by Gasteiger charge is -2.28. The average molecular weight is 322 g/mol. The van der Waals surface area contributed by atoms with Crippen LogP contribution in [0.15, 0.2) is 18.3 Å². The summed E-state index contributed by atoms with van der Waals surface area (Å²) in [4.78, 5) is 27.9. The van der Waals surface area contributed by atoms with Crippen LogP contribution in [0.25, 0.3) is 0 Å². The van der Waals surface area contributed by atoms with Gasteiger partial charge in [0, 0.05) is 12.2 Å². The lowest BCUT2D eigenvalue weighted by Crippen LogP contribution is -2.45. The molecule has 2 aliphatic carbocycles. The second kappa shape index (κ2) is 6.24. The van der Waals surface area contributed by atoms with Crippen LogP contribution in [0.2, 0.25) is 5.15 Å². The fourth-order valence-electron chi connectivity index (χ4n) is 3.94. The lowest BCUT2D eigenvalue weighted by molar-refractivity contribution is -0.136. The minimum Gasteiger partial charge on any atom is -0.345 e. The van der Waals surface area contributed by atoms with Gasteiger partial charge in [0.25, 0.3) is 0 Å². The molecule has 0 aliphatic heterocycles. The summed E-state index contributed by atoms with van der Waals surface area (Å²) < 4.78 is 0. The molecule has 1 heterocycles. The molecule has 5 nitrogen and oxygen atoms in total. The van der Waals surface area contributed by atoms with Crippen molar-refractivity contribution in [2.45, 2.75) is 38.6 Å². The standard InChI is InChI=1S/C16H20ClN3O2/c1-9(12-8-10-4-5-11(12)7-10)19-15(21)16(22)20-13-3-2-6-18-14(13)17/h2-3,6,9-12H,4-5,7-8H2,1H3,(H,19,21)(H,20,22). The molecule has 22 heavy (non-hydrogen) atoms. The Labute approximate surface area is 134 Å². The average Bonchev–Trinajstić information content (AvgIpc) is 3.12. The topological polar surface area (TPSA) is 71.1 Å². The Bertz CT molecular complexity index is 593. The van der Waals surface area contributed by atoms with Gasteiger partial charge in [0.1, 0.15) is 0 Å². The van der Waals surface area contributed by atoms with E-state index < -0.39 is 11.8 Å². The monoisotopic (exact) mass is 321 g/mol. The molecule has 6 heteroatoms. The molecule has 2 N–H and O–H groups in total. The number of halogens is 1. The third-order valence-electron chi connectivity index (χ3n) is 5.01. The highest BCUT2D eigenvalue weighted by Gasteiger charge is 2.42. The van der Waals surface area contributed by atoms with Crippen molar-refractivity contribution in [1.29, 1.82) is 0 Å². The van der Waals surface area contributed by atoms with E-state index in [1.165, 1.54) is 31.9 Å². The fraction of sp³-hybridized carbons (Fsp3) is 0.562. The van der Waals surface area contributed by atoms with Crippen molar-refractivity contribution >= 4 is 29.1 Å². The number of rotatable bonds is 3. The summed E-state index contributed by atoms with van der Waals surface area (Å²) in [6.07, 6.45) is 6.55. The predicted molar refractivity (Wildman–Crippen MR) is 84.4 cm³/mol. The van der Waals surface area contributed by atoms with E-state index in [4.69, 9.17) is 11.6 Å². The highest BCUT2D eigenvalue weighted by Crippen LogP contribution is 2.49. The van der Waals surface area contributed by atoms with Gasteiger partial charge in [-0.2, -0.15) is 0 Å². The minimum atomic E-state index is -0.704. The van der Waals surface area contributed by atoms with E-state index in [0.29, 0.717) is 17.5 Å². The summed E-state index contributed by atoms with van der Waals surface area (Å²) in [6.45, 7) is 1.99. The summed E-state index contributed by atoms with van der Waals surface area (Å²) in [7, 11) is 0. The maximum atomic E-state index is 12.0. The predicted octanol–water partition coefficient (Wildman–Crippen LogP) is 2.61. The molecule has 2 saturated carbocycles. The zero-order chi connectivity index (χ0) is 15.7. The van der Waals surface area contributed by atoms with Gasteiger partial charge in [-0.3, -0.25) is 9.59 Å². The minimum absolute atomic E-state index is 0.0259. The smallest absolute Gasteiger partial charge is 0.313 e. The third kappa shape index (κ3) is 3.09. The molecule has 2 aliphatic rings. The molecule has 2 amide bonds. The summed E-state index contributed by atoms with van der Waals surface area (Å²) in [5.74, 6) is 0.700. The van der Waals surface area contributed by atoms with E-state index in [2.05, 4.69) is 15.6 Å². The second-order valence-electron chi connectivity index (χ2n) is 6.40. The van der Waals surface area contributed by atoms with Crippen LogP contribution >= 0.6 is 11.6 Å². The number of pyridine rings is 1. The molecule has 1 aromatic rings. The van der Waals surface area contributed by atoms with Crippen molar-refractivity contribution in [1.82, 2.24) is 10.3 Å². The van der Waals surface area contributed by atoms with E-state index in [0.717, 1.165) is 5.92 Å². The molecule has 2 bridgehead atoms. The molecular formula is C16H20ClN3O2. The van der Waals surface area contributed by atoms with Crippen LogP contribution in [0, 0.1) is 17.8 Å². The van der Waals surface area contributed by atoms with Gasteiger partial charge in [0.05, 0.1) is 5.69 Å². The van der Waals surface area contributed by atoms with E-state index in [-0.39, 0.29) is 11.2 Å². The SMILES string of the molecule is CC(NC(=O)C(=O)Nc1cccnc1Cl)C1CC2CCC1C2. The zero-order valence-corrected chi connectivity index (χ0v) is 13.3. The first-order chi connectivity index (χ1) is 10.5. The van der Waals surface area contributed by atoms with Crippen LogP contribution in [0.5, 0.6) is 0 Å². The van der Waals surface area contributed by atoms with Crippen molar-refractivity contribution in [2.24, 2.45) is 17.8 Å². The quantitative estimate of drug-likeness (QED) is 0.664. The van der Waals surface area contributed by atoms with Crippen LogP contribution < -0.4 is 10.6 Å². The highest BCUT2D eigenvalue weighted by molar-refractivity contribution is 6.41. The maximum Gasteiger partial charge on any atom is 0.313 e. The molecule has 0 spiro atoms. The van der Waals surface area contributed by atoms with E-state index in [1.807, 2.05) is 6.92 Å². The van der Waals surface area contributed by atoms with Crippen molar-refractivity contribution in [3.63, 3.8) is 0 Å². The molecule has 3 rings (SSSR count). The van der Waals surface area contributed by atoms with Gasteiger partial charge in [-0.05, 0) is 56.1 Å². The molecule has 2 fully saturated rings. The van der Waals surface area contributed by atoms with Crippen LogP contribution in [0.1, 0.15) is 32.6 Å². The second-order valence-corrected chi connectivity index (χ2v) is 6.75. The van der Waals surface area contributed by atoms with Crippen LogP contribution in [-0.2, 0) is 9.59 Å². The summed E-state index contributed by atoms with van der Waals surface area (Å²) in [6, 6.07) is 3.29. The Morgan fingerprint density at radius 2 is 2.14 bits per heavy atom. The van der Waals surface area contributed by atoms with Crippen molar-refractivity contribution in [3.8, 4) is 0 Å². The van der Waals surface area contributed by atoms with E-state index in [9.17, 15) is 9.59 Å². The summed E-state index contributed by atoms with van der Waals surface area (Å²) in [5.41, 5.74) is 0.344. The number of aromatic nitrogens is 1. The summed E-state index contributed by atoms with van der Waals surface area (Å²) in [5, 5.41) is 5.50. The Kier molecular flexibility index (Phi) is 4.34. The van der Waals surface area contributed by atoms with Crippen LogP contribution in [0.4, 0.5) is 5.69 Å². The summed E-state index contributed by atoms with van der Waals surface area (Å²) >= 11 is 5.87. The van der Waals surface area contributed by atoms with Gasteiger partial charge in [-0.1, -0.05) is 18.0 Å². The Hall–Kier alpha value is -1.62. The van der Waals surface area contributed by atoms with Gasteiger partial charge >= 0.3 is 11.8 Å². The van der Waals surface area contributed by atoms with E-state index in [1.54, 1.807) is 12.1 Å². The molecule has 0 aromatic carbocycles. The van der Waals surface area contributed by atoms with Crippen molar-refractivity contribution < 1.29 is 9.59 Å². The first-order valence-electron chi connectivity index (χ1n) is 7.77. The molecule has 118 valence electrons. The van der Waals surface area contributed by atoms with Gasteiger partial charge in [-0.25, -0.2) is 4.98 Å². The van der Waals surface area contributed by atoms with Crippen LogP contribution in [0.3, 0.4) is 0 Å². The number of hydrogen-bond acceptors (Lipinski definition) is 3.